The van der Waals surface area contributed by atoms with Crippen LogP contribution in [-0.4, -0.2) is 54.9 Å². The third kappa shape index (κ3) is 2.46. The van der Waals surface area contributed by atoms with E-state index in [1.807, 2.05) is 24.0 Å². The van der Waals surface area contributed by atoms with Gasteiger partial charge in [0.15, 0.2) is 5.82 Å². The number of sulfonamides is 1. The topological polar surface area (TPSA) is 66.4 Å². The summed E-state index contributed by atoms with van der Waals surface area (Å²) < 4.78 is 24.9. The zero-order valence-corrected chi connectivity index (χ0v) is 11.7. The fourth-order valence-corrected chi connectivity index (χ4v) is 2.86. The zero-order valence-electron chi connectivity index (χ0n) is 10.9. The van der Waals surface area contributed by atoms with Gasteiger partial charge in [-0.05, 0) is 26.0 Å². The van der Waals surface area contributed by atoms with Crippen LogP contribution in [0.5, 0.6) is 0 Å². The van der Waals surface area contributed by atoms with Crippen LogP contribution in [0.4, 0.5) is 5.82 Å². The Balaban J connectivity index is 1.97. The normalized spacial score (nSPS) is 17.0. The molecule has 1 aliphatic rings. The van der Waals surface area contributed by atoms with Crippen LogP contribution in [0.25, 0.3) is 0 Å². The second-order valence-corrected chi connectivity index (χ2v) is 6.83. The van der Waals surface area contributed by atoms with E-state index in [0.717, 1.165) is 11.5 Å². The smallest absolute Gasteiger partial charge is 0.213 e. The van der Waals surface area contributed by atoms with Crippen molar-refractivity contribution in [1.82, 2.24) is 14.5 Å². The highest BCUT2D eigenvalue weighted by Gasteiger charge is 2.35. The van der Waals surface area contributed by atoms with E-state index in [0.29, 0.717) is 13.1 Å². The van der Waals surface area contributed by atoms with Crippen molar-refractivity contribution in [3.63, 3.8) is 0 Å². The van der Waals surface area contributed by atoms with E-state index in [2.05, 4.69) is 10.2 Å². The Morgan fingerprint density at radius 1 is 1.39 bits per heavy atom. The number of hydrogen-bond donors (Lipinski definition) is 0. The minimum absolute atomic E-state index is 0.0399. The second kappa shape index (κ2) is 4.81. The minimum Gasteiger partial charge on any atom is -0.352 e. The molecule has 1 fully saturated rings. The summed E-state index contributed by atoms with van der Waals surface area (Å²) in [5, 5.41) is 8.08. The molecule has 100 valence electrons. The van der Waals surface area contributed by atoms with Gasteiger partial charge in [0, 0.05) is 20.1 Å². The second-order valence-electron chi connectivity index (χ2n) is 4.51. The van der Waals surface area contributed by atoms with Gasteiger partial charge in [0.2, 0.25) is 10.0 Å². The van der Waals surface area contributed by atoms with E-state index in [1.165, 1.54) is 4.31 Å². The molecule has 2 rings (SSSR count). The van der Waals surface area contributed by atoms with Crippen LogP contribution in [0.2, 0.25) is 0 Å². The van der Waals surface area contributed by atoms with Gasteiger partial charge >= 0.3 is 0 Å². The molecule has 0 unspecified atom stereocenters. The molecule has 0 atom stereocenters. The fraction of sp³-hybridized carbons (Fsp3) is 0.636. The van der Waals surface area contributed by atoms with E-state index < -0.39 is 10.0 Å². The molecule has 1 aromatic heterocycles. The molecule has 6 nitrogen and oxygen atoms in total. The van der Waals surface area contributed by atoms with Gasteiger partial charge in [0.1, 0.15) is 0 Å². The molecule has 7 heteroatoms. The van der Waals surface area contributed by atoms with Crippen molar-refractivity contribution in [1.29, 1.82) is 0 Å². The predicted octanol–water partition coefficient (Wildman–Crippen LogP) is 0.255. The van der Waals surface area contributed by atoms with Crippen molar-refractivity contribution >= 4 is 15.8 Å². The molecule has 0 aromatic carbocycles. The Morgan fingerprint density at radius 2 is 2.06 bits per heavy atom. The van der Waals surface area contributed by atoms with Crippen molar-refractivity contribution < 1.29 is 8.42 Å². The molecule has 0 bridgehead atoms. The predicted molar refractivity (Wildman–Crippen MR) is 70.0 cm³/mol. The molecular formula is C11H18N4O2S. The number of nitrogens with zero attached hydrogens (tertiary/aromatic N) is 4. The summed E-state index contributed by atoms with van der Waals surface area (Å²) in [5.41, 5.74) is 0.876. The Kier molecular flexibility index (Phi) is 3.54. The monoisotopic (exact) mass is 270 g/mol. The standard InChI is InChI=1S/C11H18N4O2S/c1-4-18(16,17)14(3)10-7-15(8-10)11-6-5-9(2)12-13-11/h5-6,10H,4,7-8H2,1-3H3. The molecular weight excluding hydrogens is 252 g/mol. The molecule has 2 heterocycles. The quantitative estimate of drug-likeness (QED) is 0.785. The van der Waals surface area contributed by atoms with Crippen molar-refractivity contribution in [2.45, 2.75) is 19.9 Å². The Morgan fingerprint density at radius 3 is 2.56 bits per heavy atom. The molecule has 0 saturated carbocycles. The summed E-state index contributed by atoms with van der Waals surface area (Å²) in [5.74, 6) is 0.948. The van der Waals surface area contributed by atoms with Gasteiger partial charge in [0.05, 0.1) is 17.5 Å². The summed E-state index contributed by atoms with van der Waals surface area (Å²) in [7, 11) is -1.46. The maximum Gasteiger partial charge on any atom is 0.213 e. The molecule has 0 aliphatic carbocycles. The van der Waals surface area contributed by atoms with Gasteiger partial charge in [0.25, 0.3) is 0 Å². The highest BCUT2D eigenvalue weighted by atomic mass is 32.2. The van der Waals surface area contributed by atoms with E-state index >= 15 is 0 Å². The zero-order chi connectivity index (χ0) is 13.3. The lowest BCUT2D eigenvalue weighted by Crippen LogP contribution is -2.60. The first-order valence-corrected chi connectivity index (χ1v) is 7.56. The van der Waals surface area contributed by atoms with E-state index in [-0.39, 0.29) is 11.8 Å². The number of likely N-dealkylation sites (N-methyl/N-ethyl adjacent to an activating group) is 1. The van der Waals surface area contributed by atoms with Gasteiger partial charge in [-0.15, -0.1) is 5.10 Å². The minimum atomic E-state index is -3.10. The van der Waals surface area contributed by atoms with Crippen LogP contribution in [0.1, 0.15) is 12.6 Å². The highest BCUT2D eigenvalue weighted by Crippen LogP contribution is 2.22. The lowest BCUT2D eigenvalue weighted by Gasteiger charge is -2.43. The van der Waals surface area contributed by atoms with Crippen LogP contribution in [0, 0.1) is 6.92 Å². The lowest BCUT2D eigenvalue weighted by molar-refractivity contribution is 0.309. The number of hydrogen-bond acceptors (Lipinski definition) is 5. The Labute approximate surface area is 108 Å². The molecule has 0 N–H and O–H groups in total. The molecule has 18 heavy (non-hydrogen) atoms. The van der Waals surface area contributed by atoms with Gasteiger partial charge in [-0.3, -0.25) is 0 Å². The van der Waals surface area contributed by atoms with Gasteiger partial charge in [-0.25, -0.2) is 8.42 Å². The number of rotatable bonds is 4. The van der Waals surface area contributed by atoms with Gasteiger partial charge in [-0.2, -0.15) is 9.40 Å². The summed E-state index contributed by atoms with van der Waals surface area (Å²) in [6.07, 6.45) is 0. The van der Waals surface area contributed by atoms with E-state index in [9.17, 15) is 8.42 Å². The average molecular weight is 270 g/mol. The van der Waals surface area contributed by atoms with Crippen LogP contribution >= 0.6 is 0 Å². The van der Waals surface area contributed by atoms with Crippen molar-refractivity contribution in [2.24, 2.45) is 0 Å². The van der Waals surface area contributed by atoms with Crippen molar-refractivity contribution in [3.05, 3.63) is 17.8 Å². The first-order chi connectivity index (χ1) is 8.44. The largest absolute Gasteiger partial charge is 0.352 e. The van der Waals surface area contributed by atoms with E-state index in [4.69, 9.17) is 0 Å². The third-order valence-electron chi connectivity index (χ3n) is 3.29. The van der Waals surface area contributed by atoms with Crippen LogP contribution < -0.4 is 4.90 Å². The van der Waals surface area contributed by atoms with Crippen LogP contribution in [-0.2, 0) is 10.0 Å². The average Bonchev–Trinajstić information content (AvgIpc) is 2.29. The number of aryl methyl sites for hydroxylation is 1. The number of aromatic nitrogens is 2. The van der Waals surface area contributed by atoms with Crippen molar-refractivity contribution in [2.75, 3.05) is 30.8 Å². The molecule has 1 aromatic rings. The van der Waals surface area contributed by atoms with Crippen molar-refractivity contribution in [3.8, 4) is 0 Å². The molecule has 1 aliphatic heterocycles. The Hall–Kier alpha value is -1.21. The molecule has 0 radical (unpaired) electrons. The number of anilines is 1. The summed E-state index contributed by atoms with van der Waals surface area (Å²) >= 11 is 0. The summed E-state index contributed by atoms with van der Waals surface area (Å²) in [4.78, 5) is 2.03. The van der Waals surface area contributed by atoms with Gasteiger partial charge in [-0.1, -0.05) is 0 Å². The molecule has 0 amide bonds. The highest BCUT2D eigenvalue weighted by molar-refractivity contribution is 7.89. The SMILES string of the molecule is CCS(=O)(=O)N(C)C1CN(c2ccc(C)nn2)C1. The maximum atomic E-state index is 11.7. The summed E-state index contributed by atoms with van der Waals surface area (Å²) in [6, 6.07) is 3.85. The first kappa shape index (κ1) is 13.2. The van der Waals surface area contributed by atoms with Crippen LogP contribution in [0.3, 0.4) is 0 Å². The fourth-order valence-electron chi connectivity index (χ4n) is 1.86. The summed E-state index contributed by atoms with van der Waals surface area (Å²) in [6.45, 7) is 4.89. The maximum absolute atomic E-state index is 11.7. The third-order valence-corrected chi connectivity index (χ3v) is 5.19. The van der Waals surface area contributed by atoms with Gasteiger partial charge < -0.3 is 4.90 Å². The molecule has 1 saturated heterocycles. The van der Waals surface area contributed by atoms with E-state index in [1.54, 1.807) is 14.0 Å². The lowest BCUT2D eigenvalue weighted by atomic mass is 10.1. The Bertz CT molecular complexity index is 508. The first-order valence-electron chi connectivity index (χ1n) is 5.95. The molecule has 0 spiro atoms. The van der Waals surface area contributed by atoms with Crippen LogP contribution in [0.15, 0.2) is 12.1 Å².